The van der Waals surface area contributed by atoms with E-state index in [1.165, 1.54) is 0 Å². The van der Waals surface area contributed by atoms with Crippen LogP contribution in [-0.4, -0.2) is 24.9 Å². The molecule has 2 N–H and O–H groups in total. The summed E-state index contributed by atoms with van der Waals surface area (Å²) >= 11 is 7.89. The minimum atomic E-state index is -1.07. The van der Waals surface area contributed by atoms with Crippen LogP contribution in [0.5, 0.6) is 0 Å². The van der Waals surface area contributed by atoms with Gasteiger partial charge in [-0.1, -0.05) is 121 Å². The first kappa shape index (κ1) is 33.0. The van der Waals surface area contributed by atoms with Gasteiger partial charge in [-0.2, -0.15) is 0 Å². The first-order chi connectivity index (χ1) is 26.0. The van der Waals surface area contributed by atoms with Gasteiger partial charge in [0.1, 0.15) is 5.69 Å². The molecule has 0 radical (unpaired) electrons. The van der Waals surface area contributed by atoms with Crippen LogP contribution in [0.15, 0.2) is 146 Å². The summed E-state index contributed by atoms with van der Waals surface area (Å²) in [6, 6.07) is 47.1. The lowest BCUT2D eigenvalue weighted by Gasteiger charge is -2.08. The molecule has 256 valence electrons. The van der Waals surface area contributed by atoms with Gasteiger partial charge in [0.2, 0.25) is 0 Å². The summed E-state index contributed by atoms with van der Waals surface area (Å²) in [6.45, 7) is 0. The molecule has 7 nitrogen and oxygen atoms in total. The molecule has 1 atom stereocenters. The largest absolute Gasteiger partial charge is 0.354 e. The van der Waals surface area contributed by atoms with E-state index in [2.05, 4.69) is 72.2 Å². The third-order valence-corrected chi connectivity index (χ3v) is 11.8. The van der Waals surface area contributed by atoms with Crippen molar-refractivity contribution < 1.29 is 4.92 Å². The van der Waals surface area contributed by atoms with Crippen molar-refractivity contribution >= 4 is 62.9 Å². The quantitative estimate of drug-likeness (QED) is 0.133. The Morgan fingerprint density at radius 1 is 0.509 bits per heavy atom. The van der Waals surface area contributed by atoms with Gasteiger partial charge in [0.05, 0.1) is 32.5 Å². The number of aromatic nitrogens is 4. The van der Waals surface area contributed by atoms with Gasteiger partial charge < -0.3 is 9.97 Å². The molecule has 3 aromatic heterocycles. The Balaban J connectivity index is 1.54. The van der Waals surface area contributed by atoms with Gasteiger partial charge in [0.15, 0.2) is 0 Å². The van der Waals surface area contributed by atoms with Crippen molar-refractivity contribution in [3.63, 3.8) is 0 Å². The zero-order valence-corrected chi connectivity index (χ0v) is 31.2. The van der Waals surface area contributed by atoms with E-state index >= 15 is 0 Å². The number of hydrogen-bond acceptors (Lipinski definition) is 4. The standard InChI is InChI=1S/C44H29Br2N5O2/c45-40-41(46)44-39(29-19-11-4-12-20-29)33-24-23-31(48-33)37(27-15-7-2-8-16-27)42-35(51(52)53)25-34(49-42)36(26-13-5-1-6-14-26)30-21-22-32(47-30)38(43(40)50-44)28-17-9-3-10-18-28/h1-24,35,47-48H,25H2/t35-/m0/s1. The van der Waals surface area contributed by atoms with Crippen molar-refractivity contribution in [3.05, 3.63) is 178 Å². The monoisotopic (exact) mass is 817 g/mol. The maximum Gasteiger partial charge on any atom is 0.260 e. The van der Waals surface area contributed by atoms with E-state index in [4.69, 9.17) is 9.97 Å². The molecular formula is C44H29Br2N5O2. The number of nitrogens with zero attached hydrogens (tertiary/aromatic N) is 3. The molecule has 0 fully saturated rings. The highest BCUT2D eigenvalue weighted by Gasteiger charge is 2.36. The van der Waals surface area contributed by atoms with Crippen LogP contribution in [0.1, 0.15) is 28.8 Å². The molecule has 7 aromatic rings. The number of rotatable bonds is 5. The summed E-state index contributed by atoms with van der Waals surface area (Å²) < 4.78 is 1.63. The second kappa shape index (κ2) is 13.6. The van der Waals surface area contributed by atoms with E-state index in [1.807, 2.05) is 115 Å². The lowest BCUT2D eigenvalue weighted by molar-refractivity contribution is -0.527. The van der Waals surface area contributed by atoms with Crippen molar-refractivity contribution in [2.75, 3.05) is 0 Å². The smallest absolute Gasteiger partial charge is 0.260 e. The highest BCUT2D eigenvalue weighted by Crippen LogP contribution is 2.47. The van der Waals surface area contributed by atoms with E-state index in [1.54, 1.807) is 0 Å². The molecule has 8 bridgehead atoms. The Kier molecular flexibility index (Phi) is 8.45. The van der Waals surface area contributed by atoms with Gasteiger partial charge in [-0.15, -0.1) is 0 Å². The van der Waals surface area contributed by atoms with Crippen LogP contribution in [0.25, 0.3) is 75.5 Å². The molecular weight excluding hydrogens is 790 g/mol. The summed E-state index contributed by atoms with van der Waals surface area (Å²) in [6.07, 6.45) is 0.132. The van der Waals surface area contributed by atoms with Crippen LogP contribution in [0.3, 0.4) is 0 Å². The lowest BCUT2D eigenvalue weighted by atomic mass is 9.98. The highest BCUT2D eigenvalue weighted by atomic mass is 79.9. The van der Waals surface area contributed by atoms with Gasteiger partial charge >= 0.3 is 0 Å². The van der Waals surface area contributed by atoms with Crippen molar-refractivity contribution in [1.82, 2.24) is 19.9 Å². The summed E-state index contributed by atoms with van der Waals surface area (Å²) in [5.41, 5.74) is 12.7. The number of nitrogens with one attached hydrogen (secondary N) is 2. The third-order valence-electron chi connectivity index (χ3n) is 9.76. The van der Waals surface area contributed by atoms with Crippen LogP contribution in [0, 0.1) is 10.1 Å². The molecule has 2 aliphatic heterocycles. The number of halogens is 2. The molecule has 0 spiro atoms. The third kappa shape index (κ3) is 5.82. The number of hydrogen-bond donors (Lipinski definition) is 2. The van der Waals surface area contributed by atoms with Gasteiger partial charge in [-0.25, -0.2) is 9.97 Å². The molecule has 0 amide bonds. The Bertz CT molecular complexity index is 2740. The lowest BCUT2D eigenvalue weighted by Crippen LogP contribution is -2.10. The molecule has 53 heavy (non-hydrogen) atoms. The minimum absolute atomic E-state index is 0.132. The Morgan fingerprint density at radius 2 is 0.868 bits per heavy atom. The number of nitro groups is 1. The second-order valence-electron chi connectivity index (χ2n) is 12.9. The van der Waals surface area contributed by atoms with Gasteiger partial charge in [-0.05, 0) is 78.4 Å². The molecule has 5 heterocycles. The number of fused-ring (bicyclic) bond motifs is 8. The second-order valence-corrected chi connectivity index (χ2v) is 14.5. The fourth-order valence-electron chi connectivity index (χ4n) is 7.40. The van der Waals surface area contributed by atoms with E-state index in [0.717, 1.165) is 81.4 Å². The normalized spacial score (nSPS) is 14.0. The first-order valence-electron chi connectivity index (χ1n) is 17.2. The van der Waals surface area contributed by atoms with Crippen molar-refractivity contribution in [3.8, 4) is 44.5 Å². The summed E-state index contributed by atoms with van der Waals surface area (Å²) in [4.78, 5) is 30.9. The molecule has 2 aliphatic rings. The number of benzene rings is 4. The maximum atomic E-state index is 13.0. The average molecular weight is 820 g/mol. The van der Waals surface area contributed by atoms with Crippen molar-refractivity contribution in [1.29, 1.82) is 0 Å². The first-order valence-corrected chi connectivity index (χ1v) is 18.7. The summed E-state index contributed by atoms with van der Waals surface area (Å²) in [5, 5.41) is 13.0. The molecule has 0 unspecified atom stereocenters. The minimum Gasteiger partial charge on any atom is -0.354 e. The van der Waals surface area contributed by atoms with E-state index in [9.17, 15) is 10.1 Å². The summed E-state index contributed by atoms with van der Waals surface area (Å²) in [7, 11) is 0. The number of aromatic amines is 2. The van der Waals surface area contributed by atoms with E-state index in [0.29, 0.717) is 17.0 Å². The maximum absolute atomic E-state index is 13.0. The average Bonchev–Trinajstić information content (AvgIpc) is 4.01. The Hall–Kier alpha value is -5.90. The zero-order valence-electron chi connectivity index (χ0n) is 28.1. The highest BCUT2D eigenvalue weighted by molar-refractivity contribution is 9.18. The van der Waals surface area contributed by atoms with Crippen LogP contribution in [0.4, 0.5) is 0 Å². The summed E-state index contributed by atoms with van der Waals surface area (Å²) in [5.74, 6) is 0. The SMILES string of the molecule is O=[N+]([O-])[C@H]1Cc2nc1c(-c1ccccc1)c1ccc([nH]1)c(-c1ccccc1)c1nc(c(-c3ccccc3)c3ccc([nH]3)c2-c2ccccc2)C(Br)=C1Br. The van der Waals surface area contributed by atoms with Crippen LogP contribution in [0.2, 0.25) is 0 Å². The Labute approximate surface area is 321 Å². The molecule has 9 rings (SSSR count). The number of H-pyrrole nitrogens is 2. The zero-order chi connectivity index (χ0) is 36.1. The van der Waals surface area contributed by atoms with Crippen molar-refractivity contribution in [2.24, 2.45) is 0 Å². The Morgan fingerprint density at radius 3 is 1.28 bits per heavy atom. The van der Waals surface area contributed by atoms with Crippen LogP contribution in [-0.2, 0) is 6.42 Å². The molecule has 9 heteroatoms. The van der Waals surface area contributed by atoms with Crippen LogP contribution >= 0.6 is 31.9 Å². The topological polar surface area (TPSA) is 100 Å². The molecule has 0 aliphatic carbocycles. The van der Waals surface area contributed by atoms with Gasteiger partial charge in [0, 0.05) is 49.2 Å². The predicted octanol–water partition coefficient (Wildman–Crippen LogP) is 12.2. The fourth-order valence-corrected chi connectivity index (χ4v) is 8.35. The predicted molar refractivity (Wildman–Crippen MR) is 221 cm³/mol. The molecule has 4 aromatic carbocycles. The van der Waals surface area contributed by atoms with Crippen molar-refractivity contribution in [2.45, 2.75) is 12.5 Å². The molecule has 0 saturated carbocycles. The molecule has 0 saturated heterocycles. The fraction of sp³-hybridized carbons (Fsp3) is 0.0455. The van der Waals surface area contributed by atoms with Crippen LogP contribution < -0.4 is 0 Å². The van der Waals surface area contributed by atoms with E-state index in [-0.39, 0.29) is 11.3 Å². The van der Waals surface area contributed by atoms with E-state index < -0.39 is 6.04 Å². The van der Waals surface area contributed by atoms with Gasteiger partial charge in [0.25, 0.3) is 6.04 Å². The van der Waals surface area contributed by atoms with Gasteiger partial charge in [-0.3, -0.25) is 10.1 Å².